The lowest BCUT2D eigenvalue weighted by atomic mass is 10.2. The van der Waals surface area contributed by atoms with Gasteiger partial charge in [0.25, 0.3) is 0 Å². The Balaban J connectivity index is 1.84. The van der Waals surface area contributed by atoms with E-state index in [-0.39, 0.29) is 11.5 Å². The van der Waals surface area contributed by atoms with Gasteiger partial charge in [-0.15, -0.1) is 0 Å². The van der Waals surface area contributed by atoms with Gasteiger partial charge in [0.2, 0.25) is 0 Å². The fourth-order valence-electron chi connectivity index (χ4n) is 1.69. The largest absolute Gasteiger partial charge is 0.253 e. The smallest absolute Gasteiger partial charge is 0.154 e. The molecule has 0 saturated heterocycles. The summed E-state index contributed by atoms with van der Waals surface area (Å²) in [7, 11) is -3.05. The summed E-state index contributed by atoms with van der Waals surface area (Å²) in [6.45, 7) is 0.577. The molecule has 0 bridgehead atoms. The third-order valence-corrected chi connectivity index (χ3v) is 4.22. The van der Waals surface area contributed by atoms with E-state index in [0.717, 1.165) is 5.56 Å². The number of sulfone groups is 1. The van der Waals surface area contributed by atoms with Crippen LogP contribution in [0.4, 0.5) is 0 Å². The molecule has 1 aromatic heterocycles. The third kappa shape index (κ3) is 3.96. The second-order valence-electron chi connectivity index (χ2n) is 4.09. The standard InChI is InChI=1S/C12H15N3O2S/c16-18(17,9-12-5-2-1-3-6-12)8-4-7-15-11-13-10-14-15/h1-3,5-6,10-11H,4,7-9H2. The van der Waals surface area contributed by atoms with E-state index in [2.05, 4.69) is 10.1 Å². The Morgan fingerprint density at radius 1 is 1.17 bits per heavy atom. The number of aryl methyl sites for hydroxylation is 1. The van der Waals surface area contributed by atoms with Gasteiger partial charge >= 0.3 is 0 Å². The minimum atomic E-state index is -3.05. The molecule has 0 aliphatic rings. The van der Waals surface area contributed by atoms with Crippen LogP contribution in [0.15, 0.2) is 43.0 Å². The van der Waals surface area contributed by atoms with E-state index in [4.69, 9.17) is 0 Å². The van der Waals surface area contributed by atoms with Gasteiger partial charge in [-0.1, -0.05) is 30.3 Å². The van der Waals surface area contributed by atoms with Gasteiger partial charge in [-0.05, 0) is 12.0 Å². The molecular weight excluding hydrogens is 250 g/mol. The van der Waals surface area contributed by atoms with Crippen molar-refractivity contribution in [3.63, 3.8) is 0 Å². The lowest BCUT2D eigenvalue weighted by molar-refractivity contribution is 0.571. The quantitative estimate of drug-likeness (QED) is 0.789. The zero-order valence-corrected chi connectivity index (χ0v) is 10.8. The van der Waals surface area contributed by atoms with Crippen molar-refractivity contribution >= 4 is 9.84 Å². The van der Waals surface area contributed by atoms with Gasteiger partial charge in [-0.3, -0.25) is 4.68 Å². The van der Waals surface area contributed by atoms with Crippen LogP contribution in [-0.2, 0) is 22.1 Å². The molecule has 2 rings (SSSR count). The van der Waals surface area contributed by atoms with Gasteiger partial charge in [-0.2, -0.15) is 5.10 Å². The summed E-state index contributed by atoms with van der Waals surface area (Å²) in [5, 5.41) is 3.93. The predicted octanol–water partition coefficient (Wildman–Crippen LogP) is 1.28. The van der Waals surface area contributed by atoms with Crippen LogP contribution in [0.3, 0.4) is 0 Å². The molecule has 0 fully saturated rings. The van der Waals surface area contributed by atoms with Gasteiger partial charge in [0.15, 0.2) is 9.84 Å². The maximum absolute atomic E-state index is 11.9. The molecule has 1 heterocycles. The second kappa shape index (κ2) is 5.77. The Labute approximate surface area is 106 Å². The summed E-state index contributed by atoms with van der Waals surface area (Å²) < 4.78 is 25.4. The van der Waals surface area contributed by atoms with Crippen molar-refractivity contribution in [2.45, 2.75) is 18.7 Å². The highest BCUT2D eigenvalue weighted by Gasteiger charge is 2.11. The van der Waals surface area contributed by atoms with Crippen molar-refractivity contribution in [3.05, 3.63) is 48.5 Å². The van der Waals surface area contributed by atoms with Crippen LogP contribution in [0.25, 0.3) is 0 Å². The molecule has 2 aromatic rings. The minimum absolute atomic E-state index is 0.102. The first kappa shape index (κ1) is 12.8. The SMILES string of the molecule is O=S(=O)(CCCn1cncn1)Cc1ccccc1. The van der Waals surface area contributed by atoms with Crippen LogP contribution in [-0.4, -0.2) is 28.9 Å². The van der Waals surface area contributed by atoms with E-state index >= 15 is 0 Å². The number of hydrogen-bond donors (Lipinski definition) is 0. The average Bonchev–Trinajstić information content (AvgIpc) is 2.82. The summed E-state index contributed by atoms with van der Waals surface area (Å²) in [5.41, 5.74) is 0.832. The minimum Gasteiger partial charge on any atom is -0.253 e. The van der Waals surface area contributed by atoms with Crippen LogP contribution in [0.5, 0.6) is 0 Å². The summed E-state index contributed by atoms with van der Waals surface area (Å²) in [6.07, 6.45) is 3.58. The maximum Gasteiger partial charge on any atom is 0.154 e. The Kier molecular flexibility index (Phi) is 4.09. The molecule has 0 amide bonds. The molecule has 0 unspecified atom stereocenters. The highest BCUT2D eigenvalue weighted by atomic mass is 32.2. The van der Waals surface area contributed by atoms with E-state index < -0.39 is 9.84 Å². The van der Waals surface area contributed by atoms with Crippen LogP contribution in [0, 0.1) is 0 Å². The normalized spacial score (nSPS) is 11.6. The van der Waals surface area contributed by atoms with E-state index in [0.29, 0.717) is 13.0 Å². The predicted molar refractivity (Wildman–Crippen MR) is 68.6 cm³/mol. The highest BCUT2D eigenvalue weighted by Crippen LogP contribution is 2.07. The lowest BCUT2D eigenvalue weighted by Gasteiger charge is -2.04. The molecule has 0 radical (unpaired) electrons. The maximum atomic E-state index is 11.9. The van der Waals surface area contributed by atoms with Crippen LogP contribution < -0.4 is 0 Å². The number of hydrogen-bond acceptors (Lipinski definition) is 4. The summed E-state index contributed by atoms with van der Waals surface area (Å²) >= 11 is 0. The topological polar surface area (TPSA) is 64.8 Å². The molecule has 96 valence electrons. The van der Waals surface area contributed by atoms with E-state index in [9.17, 15) is 8.42 Å². The van der Waals surface area contributed by atoms with Crippen molar-refractivity contribution in [2.24, 2.45) is 0 Å². The average molecular weight is 265 g/mol. The number of nitrogens with zero attached hydrogens (tertiary/aromatic N) is 3. The number of rotatable bonds is 6. The summed E-state index contributed by atoms with van der Waals surface area (Å²) in [5.74, 6) is 0.271. The van der Waals surface area contributed by atoms with Gasteiger partial charge < -0.3 is 0 Å². The van der Waals surface area contributed by atoms with Gasteiger partial charge in [0.05, 0.1) is 11.5 Å². The molecule has 0 aliphatic carbocycles. The highest BCUT2D eigenvalue weighted by molar-refractivity contribution is 7.90. The van der Waals surface area contributed by atoms with Crippen molar-refractivity contribution in [3.8, 4) is 0 Å². The molecule has 0 saturated carbocycles. The first-order chi connectivity index (χ1) is 8.66. The Hall–Kier alpha value is -1.69. The van der Waals surface area contributed by atoms with Crippen molar-refractivity contribution in [1.29, 1.82) is 0 Å². The number of benzene rings is 1. The van der Waals surface area contributed by atoms with E-state index in [1.165, 1.54) is 6.33 Å². The van der Waals surface area contributed by atoms with Crippen molar-refractivity contribution in [1.82, 2.24) is 14.8 Å². The van der Waals surface area contributed by atoms with E-state index in [1.807, 2.05) is 30.3 Å². The van der Waals surface area contributed by atoms with Crippen LogP contribution in [0.1, 0.15) is 12.0 Å². The number of aromatic nitrogens is 3. The van der Waals surface area contributed by atoms with Crippen molar-refractivity contribution in [2.75, 3.05) is 5.75 Å². The first-order valence-electron chi connectivity index (χ1n) is 5.72. The Bertz CT molecular complexity index is 565. The van der Waals surface area contributed by atoms with E-state index in [1.54, 1.807) is 11.0 Å². The summed E-state index contributed by atoms with van der Waals surface area (Å²) in [6, 6.07) is 9.23. The third-order valence-electron chi connectivity index (χ3n) is 2.54. The fourth-order valence-corrected chi connectivity index (χ4v) is 3.11. The van der Waals surface area contributed by atoms with Gasteiger partial charge in [0, 0.05) is 6.54 Å². The molecule has 0 aliphatic heterocycles. The van der Waals surface area contributed by atoms with Crippen LogP contribution in [0.2, 0.25) is 0 Å². The monoisotopic (exact) mass is 265 g/mol. The van der Waals surface area contributed by atoms with Gasteiger partial charge in [0.1, 0.15) is 12.7 Å². The Morgan fingerprint density at radius 3 is 2.61 bits per heavy atom. The molecule has 5 nitrogen and oxygen atoms in total. The van der Waals surface area contributed by atoms with Crippen LogP contribution >= 0.6 is 0 Å². The Morgan fingerprint density at radius 2 is 1.94 bits per heavy atom. The molecule has 1 aromatic carbocycles. The molecular formula is C12H15N3O2S. The fraction of sp³-hybridized carbons (Fsp3) is 0.333. The molecule has 18 heavy (non-hydrogen) atoms. The zero-order valence-electron chi connectivity index (χ0n) is 9.94. The van der Waals surface area contributed by atoms with Crippen molar-refractivity contribution < 1.29 is 8.42 Å². The summed E-state index contributed by atoms with van der Waals surface area (Å²) in [4.78, 5) is 3.81. The second-order valence-corrected chi connectivity index (χ2v) is 6.27. The molecule has 0 spiro atoms. The zero-order chi connectivity index (χ0) is 12.8. The molecule has 0 N–H and O–H groups in total. The first-order valence-corrected chi connectivity index (χ1v) is 7.55. The molecule has 0 atom stereocenters. The molecule has 6 heteroatoms. The van der Waals surface area contributed by atoms with Gasteiger partial charge in [-0.25, -0.2) is 13.4 Å². The lowest BCUT2D eigenvalue weighted by Crippen LogP contribution is -2.12.